The molecule has 0 aliphatic heterocycles. The van der Waals surface area contributed by atoms with Crippen LogP contribution in [0.1, 0.15) is 19.0 Å². The zero-order valence-corrected chi connectivity index (χ0v) is 10.6. The van der Waals surface area contributed by atoms with Crippen LogP contribution in [0.2, 0.25) is 0 Å². The van der Waals surface area contributed by atoms with Crippen molar-refractivity contribution >= 4 is 18.4 Å². The number of aryl methyl sites for hydroxylation is 1. The van der Waals surface area contributed by atoms with Crippen LogP contribution in [0.15, 0.2) is 17.1 Å². The first-order valence-corrected chi connectivity index (χ1v) is 5.11. The van der Waals surface area contributed by atoms with Crippen LogP contribution in [-0.4, -0.2) is 22.2 Å². The number of ether oxygens (including phenoxy) is 1. The molecule has 0 aliphatic rings. The summed E-state index contributed by atoms with van der Waals surface area (Å²) in [5.74, 6) is -0.563. The Hall–Kier alpha value is -1.49. The van der Waals surface area contributed by atoms with Gasteiger partial charge in [0.05, 0.1) is 18.7 Å². The van der Waals surface area contributed by atoms with Crippen molar-refractivity contribution in [2.45, 2.75) is 26.8 Å². The molecule has 0 fully saturated rings. The Bertz CT molecular complexity index is 442. The normalized spacial score (nSPS) is 9.53. The van der Waals surface area contributed by atoms with Gasteiger partial charge in [-0.05, 0) is 13.8 Å². The lowest BCUT2D eigenvalue weighted by molar-refractivity contribution is -0.143. The summed E-state index contributed by atoms with van der Waals surface area (Å²) < 4.78 is 6.43. The van der Waals surface area contributed by atoms with Gasteiger partial charge in [-0.2, -0.15) is 0 Å². The van der Waals surface area contributed by atoms with Gasteiger partial charge in [0, 0.05) is 18.8 Å². The zero-order valence-electron chi connectivity index (χ0n) is 9.80. The lowest BCUT2D eigenvalue weighted by Gasteiger charge is -2.10. The maximum Gasteiger partial charge on any atom is 0.307 e. The molecule has 1 aromatic rings. The highest BCUT2D eigenvalue weighted by Crippen LogP contribution is 2.09. The molecule has 1 rings (SSSR count). The van der Waals surface area contributed by atoms with Gasteiger partial charge in [0.25, 0.3) is 0 Å². The Morgan fingerprint density at radius 2 is 2.18 bits per heavy atom. The van der Waals surface area contributed by atoms with Crippen LogP contribution in [0.25, 0.3) is 0 Å². The van der Waals surface area contributed by atoms with Gasteiger partial charge in [-0.25, -0.2) is 0 Å². The third kappa shape index (κ3) is 4.11. The zero-order chi connectivity index (χ0) is 12.1. The van der Waals surface area contributed by atoms with Gasteiger partial charge in [-0.3, -0.25) is 9.59 Å². The number of carbonyl (C=O) groups excluding carboxylic acids is 1. The van der Waals surface area contributed by atoms with E-state index in [1.54, 1.807) is 24.6 Å². The summed E-state index contributed by atoms with van der Waals surface area (Å²) >= 11 is 0. The number of esters is 1. The second-order valence-corrected chi connectivity index (χ2v) is 3.36. The molecule has 1 heterocycles. The number of rotatable bonds is 4. The van der Waals surface area contributed by atoms with Crippen molar-refractivity contribution in [3.8, 4) is 5.75 Å². The minimum Gasteiger partial charge on any atom is -0.503 e. The van der Waals surface area contributed by atoms with E-state index < -0.39 is 5.43 Å². The molecule has 6 heteroatoms. The van der Waals surface area contributed by atoms with E-state index in [1.165, 1.54) is 6.07 Å². The molecule has 0 unspecified atom stereocenters. The van der Waals surface area contributed by atoms with Crippen LogP contribution < -0.4 is 5.43 Å². The van der Waals surface area contributed by atoms with Crippen molar-refractivity contribution in [3.05, 3.63) is 28.2 Å². The van der Waals surface area contributed by atoms with Gasteiger partial charge in [-0.1, -0.05) is 0 Å². The molecule has 17 heavy (non-hydrogen) atoms. The van der Waals surface area contributed by atoms with Gasteiger partial charge in [0.1, 0.15) is 0 Å². The van der Waals surface area contributed by atoms with Crippen LogP contribution in [0, 0.1) is 6.92 Å². The molecule has 96 valence electrons. The SMILES string of the molecule is CCOC(=O)CCn1ccc(=O)c(O)c1C.Cl. The molecule has 1 aromatic heterocycles. The predicted molar refractivity (Wildman–Crippen MR) is 65.6 cm³/mol. The van der Waals surface area contributed by atoms with E-state index in [9.17, 15) is 14.7 Å². The van der Waals surface area contributed by atoms with E-state index in [0.717, 1.165) is 0 Å². The smallest absolute Gasteiger partial charge is 0.307 e. The molecular formula is C11H16ClNO4. The number of aromatic hydroxyl groups is 1. The molecule has 0 atom stereocenters. The second kappa shape index (κ2) is 6.96. The fourth-order valence-electron chi connectivity index (χ4n) is 1.35. The van der Waals surface area contributed by atoms with Crippen molar-refractivity contribution in [1.29, 1.82) is 0 Å². The van der Waals surface area contributed by atoms with E-state index in [2.05, 4.69) is 0 Å². The van der Waals surface area contributed by atoms with Crippen molar-refractivity contribution in [3.63, 3.8) is 0 Å². The van der Waals surface area contributed by atoms with Crippen LogP contribution in [0.5, 0.6) is 5.75 Å². The summed E-state index contributed by atoms with van der Waals surface area (Å²) in [7, 11) is 0. The maximum atomic E-state index is 11.1. The highest BCUT2D eigenvalue weighted by molar-refractivity contribution is 5.85. The summed E-state index contributed by atoms with van der Waals surface area (Å²) in [5, 5.41) is 9.41. The minimum absolute atomic E-state index is 0. The average Bonchev–Trinajstić information content (AvgIpc) is 2.25. The average molecular weight is 262 g/mol. The van der Waals surface area contributed by atoms with Crippen LogP contribution >= 0.6 is 12.4 Å². The van der Waals surface area contributed by atoms with E-state index >= 15 is 0 Å². The Morgan fingerprint density at radius 1 is 1.53 bits per heavy atom. The summed E-state index contributed by atoms with van der Waals surface area (Å²) in [4.78, 5) is 22.2. The van der Waals surface area contributed by atoms with Crippen LogP contribution in [0.3, 0.4) is 0 Å². The number of nitrogens with zero attached hydrogens (tertiary/aromatic N) is 1. The fourth-order valence-corrected chi connectivity index (χ4v) is 1.35. The first-order valence-electron chi connectivity index (χ1n) is 5.11. The number of carbonyl (C=O) groups is 1. The molecule has 0 aliphatic carbocycles. The van der Waals surface area contributed by atoms with Crippen LogP contribution in [-0.2, 0) is 16.1 Å². The molecule has 1 N–H and O–H groups in total. The predicted octanol–water partition coefficient (Wildman–Crippen LogP) is 1.24. The van der Waals surface area contributed by atoms with Crippen LogP contribution in [0.4, 0.5) is 0 Å². The van der Waals surface area contributed by atoms with Crippen molar-refractivity contribution in [2.24, 2.45) is 0 Å². The van der Waals surface area contributed by atoms with Gasteiger partial charge in [0.2, 0.25) is 5.43 Å². The Morgan fingerprint density at radius 3 is 2.76 bits per heavy atom. The van der Waals surface area contributed by atoms with Gasteiger partial charge in [0.15, 0.2) is 5.75 Å². The molecule has 0 saturated carbocycles. The largest absolute Gasteiger partial charge is 0.503 e. The molecule has 0 saturated heterocycles. The van der Waals surface area contributed by atoms with E-state index in [4.69, 9.17) is 4.74 Å². The van der Waals surface area contributed by atoms with Gasteiger partial charge in [-0.15, -0.1) is 12.4 Å². The topological polar surface area (TPSA) is 68.5 Å². The lowest BCUT2D eigenvalue weighted by Crippen LogP contribution is -2.13. The molecular weight excluding hydrogens is 246 g/mol. The number of hydrogen-bond acceptors (Lipinski definition) is 4. The fraction of sp³-hybridized carbons (Fsp3) is 0.455. The van der Waals surface area contributed by atoms with Crippen molar-refractivity contribution in [1.82, 2.24) is 4.57 Å². The lowest BCUT2D eigenvalue weighted by atomic mass is 10.3. The highest BCUT2D eigenvalue weighted by Gasteiger charge is 2.07. The quantitative estimate of drug-likeness (QED) is 0.828. The molecule has 0 aromatic carbocycles. The molecule has 0 spiro atoms. The van der Waals surface area contributed by atoms with E-state index in [-0.39, 0.29) is 30.5 Å². The highest BCUT2D eigenvalue weighted by atomic mass is 35.5. The first-order chi connectivity index (χ1) is 7.56. The number of aromatic nitrogens is 1. The molecule has 0 bridgehead atoms. The van der Waals surface area contributed by atoms with Crippen molar-refractivity contribution < 1.29 is 14.6 Å². The monoisotopic (exact) mass is 261 g/mol. The maximum absolute atomic E-state index is 11.1. The molecule has 0 amide bonds. The Balaban J connectivity index is 0.00000256. The Labute approximate surface area is 105 Å². The van der Waals surface area contributed by atoms with Gasteiger partial charge >= 0.3 is 5.97 Å². The molecule has 0 radical (unpaired) electrons. The standard InChI is InChI=1S/C11H15NO4.ClH/c1-3-16-10(14)5-7-12-6-4-9(13)11(15)8(12)2;/h4,6,15H,3,5,7H2,1-2H3;1H. The summed E-state index contributed by atoms with van der Waals surface area (Å²) in [6, 6.07) is 1.27. The Kier molecular flexibility index (Phi) is 6.35. The van der Waals surface area contributed by atoms with Crippen molar-refractivity contribution in [2.75, 3.05) is 6.61 Å². The van der Waals surface area contributed by atoms with E-state index in [1.807, 2.05) is 0 Å². The molecule has 5 nitrogen and oxygen atoms in total. The minimum atomic E-state index is -0.412. The summed E-state index contributed by atoms with van der Waals surface area (Å²) in [6.07, 6.45) is 1.77. The third-order valence-electron chi connectivity index (χ3n) is 2.27. The first kappa shape index (κ1) is 15.5. The third-order valence-corrected chi connectivity index (χ3v) is 2.27. The summed E-state index contributed by atoms with van der Waals surface area (Å²) in [6.45, 7) is 4.11. The number of halogens is 1. The second-order valence-electron chi connectivity index (χ2n) is 3.36. The van der Waals surface area contributed by atoms with E-state index in [0.29, 0.717) is 18.8 Å². The number of hydrogen-bond donors (Lipinski definition) is 1. The summed E-state index contributed by atoms with van der Waals surface area (Å²) in [5.41, 5.74) is 0.0432. The van der Waals surface area contributed by atoms with Gasteiger partial charge < -0.3 is 14.4 Å². The number of pyridine rings is 1.